The number of rotatable bonds is 1. The van der Waals surface area contributed by atoms with Gasteiger partial charge in [0, 0.05) is 0 Å². The predicted octanol–water partition coefficient (Wildman–Crippen LogP) is 1.00. The van der Waals surface area contributed by atoms with E-state index in [1.807, 2.05) is 0 Å². The standard InChI is InChI=1S/C8H10O2/c1-3-8-7(9)5-4-6(2)10-8/h3-5,7-9H,1-2H2/t7-,8?/m0/s1. The Morgan fingerprint density at radius 1 is 1.70 bits per heavy atom. The van der Waals surface area contributed by atoms with Crippen LogP contribution in [0.4, 0.5) is 0 Å². The summed E-state index contributed by atoms with van der Waals surface area (Å²) in [4.78, 5) is 0. The minimum absolute atomic E-state index is 0.336. The number of aliphatic hydroxyl groups is 1. The van der Waals surface area contributed by atoms with Gasteiger partial charge in [0.05, 0.1) is 0 Å². The van der Waals surface area contributed by atoms with E-state index in [0.717, 1.165) is 0 Å². The van der Waals surface area contributed by atoms with Crippen molar-refractivity contribution in [2.75, 3.05) is 0 Å². The number of hydrogen-bond donors (Lipinski definition) is 1. The fourth-order valence-electron chi connectivity index (χ4n) is 0.787. The quantitative estimate of drug-likeness (QED) is 0.548. The molecule has 0 saturated carbocycles. The zero-order valence-corrected chi connectivity index (χ0v) is 5.66. The predicted molar refractivity (Wildman–Crippen MR) is 39.4 cm³/mol. The molecule has 0 aliphatic carbocycles. The van der Waals surface area contributed by atoms with E-state index >= 15 is 0 Å². The average Bonchev–Trinajstić information content (AvgIpc) is 1.94. The summed E-state index contributed by atoms with van der Waals surface area (Å²) in [6.45, 7) is 7.09. The molecular formula is C8H10O2. The first-order valence-electron chi connectivity index (χ1n) is 3.08. The van der Waals surface area contributed by atoms with Crippen LogP contribution in [0.25, 0.3) is 0 Å². The summed E-state index contributed by atoms with van der Waals surface area (Å²) >= 11 is 0. The second kappa shape index (κ2) is 2.71. The molecule has 0 aromatic rings. The van der Waals surface area contributed by atoms with E-state index in [1.165, 1.54) is 0 Å². The summed E-state index contributed by atoms with van der Waals surface area (Å²) < 4.78 is 5.10. The Bertz CT molecular complexity index is 182. The SMILES string of the molecule is C=CC1OC(=C)C=C[C@@H]1O. The molecule has 1 N–H and O–H groups in total. The van der Waals surface area contributed by atoms with E-state index in [1.54, 1.807) is 18.2 Å². The smallest absolute Gasteiger partial charge is 0.146 e. The highest BCUT2D eigenvalue weighted by Crippen LogP contribution is 2.14. The van der Waals surface area contributed by atoms with Gasteiger partial charge >= 0.3 is 0 Å². The van der Waals surface area contributed by atoms with Crippen LogP contribution < -0.4 is 0 Å². The van der Waals surface area contributed by atoms with Gasteiger partial charge in [-0.1, -0.05) is 13.2 Å². The maximum atomic E-state index is 9.16. The molecule has 0 aromatic heterocycles. The summed E-state index contributed by atoms with van der Waals surface area (Å²) in [5.74, 6) is 0.565. The molecule has 1 heterocycles. The Morgan fingerprint density at radius 2 is 2.40 bits per heavy atom. The van der Waals surface area contributed by atoms with E-state index in [2.05, 4.69) is 13.2 Å². The highest BCUT2D eigenvalue weighted by atomic mass is 16.5. The van der Waals surface area contributed by atoms with Crippen molar-refractivity contribution < 1.29 is 9.84 Å². The van der Waals surface area contributed by atoms with Gasteiger partial charge in [0.2, 0.25) is 0 Å². The van der Waals surface area contributed by atoms with Gasteiger partial charge in [-0.3, -0.25) is 0 Å². The van der Waals surface area contributed by atoms with Crippen LogP contribution in [-0.2, 0) is 4.74 Å². The fourth-order valence-corrected chi connectivity index (χ4v) is 0.787. The summed E-state index contributed by atoms with van der Waals surface area (Å²) in [5.41, 5.74) is 0. The van der Waals surface area contributed by atoms with Gasteiger partial charge in [-0.2, -0.15) is 0 Å². The number of aliphatic hydroxyl groups excluding tert-OH is 1. The molecule has 54 valence electrons. The van der Waals surface area contributed by atoms with Gasteiger partial charge in [-0.15, -0.1) is 0 Å². The largest absolute Gasteiger partial charge is 0.484 e. The van der Waals surface area contributed by atoms with Gasteiger partial charge in [-0.05, 0) is 18.2 Å². The molecule has 0 saturated heterocycles. The Balaban J connectivity index is 2.70. The average molecular weight is 138 g/mol. The molecule has 0 fully saturated rings. The molecule has 1 aliphatic heterocycles. The lowest BCUT2D eigenvalue weighted by atomic mass is 10.1. The Labute approximate surface area is 60.1 Å². The monoisotopic (exact) mass is 138 g/mol. The molecule has 0 aromatic carbocycles. The van der Waals surface area contributed by atoms with Crippen LogP contribution in [0.5, 0.6) is 0 Å². The fraction of sp³-hybridized carbons (Fsp3) is 0.250. The molecule has 2 atom stereocenters. The van der Waals surface area contributed by atoms with Crippen molar-refractivity contribution in [2.24, 2.45) is 0 Å². The molecule has 1 rings (SSSR count). The van der Waals surface area contributed by atoms with Crippen LogP contribution in [0.3, 0.4) is 0 Å². The third-order valence-corrected chi connectivity index (χ3v) is 1.34. The van der Waals surface area contributed by atoms with Crippen LogP contribution in [0, 0.1) is 0 Å². The van der Waals surface area contributed by atoms with Crippen LogP contribution in [0.2, 0.25) is 0 Å². The van der Waals surface area contributed by atoms with Gasteiger partial charge in [0.15, 0.2) is 0 Å². The van der Waals surface area contributed by atoms with Gasteiger partial charge in [0.25, 0.3) is 0 Å². The van der Waals surface area contributed by atoms with Crippen LogP contribution in [-0.4, -0.2) is 17.3 Å². The molecule has 10 heavy (non-hydrogen) atoms. The summed E-state index contributed by atoms with van der Waals surface area (Å²) in [6, 6.07) is 0. The topological polar surface area (TPSA) is 29.5 Å². The highest BCUT2D eigenvalue weighted by molar-refractivity contribution is 5.17. The first-order chi connectivity index (χ1) is 4.74. The van der Waals surface area contributed by atoms with E-state index in [9.17, 15) is 0 Å². The molecule has 1 aliphatic rings. The minimum atomic E-state index is -0.581. The highest BCUT2D eigenvalue weighted by Gasteiger charge is 2.18. The van der Waals surface area contributed by atoms with Gasteiger partial charge < -0.3 is 9.84 Å². The first-order valence-corrected chi connectivity index (χ1v) is 3.08. The molecule has 0 bridgehead atoms. The lowest BCUT2D eigenvalue weighted by Gasteiger charge is -2.22. The van der Waals surface area contributed by atoms with Crippen LogP contribution in [0.15, 0.2) is 37.1 Å². The Kier molecular flexibility index (Phi) is 1.92. The second-order valence-electron chi connectivity index (χ2n) is 2.13. The number of allylic oxidation sites excluding steroid dienone is 1. The van der Waals surface area contributed by atoms with Crippen molar-refractivity contribution in [2.45, 2.75) is 12.2 Å². The van der Waals surface area contributed by atoms with E-state index < -0.39 is 6.10 Å². The molecule has 2 nitrogen and oxygen atoms in total. The second-order valence-corrected chi connectivity index (χ2v) is 2.13. The van der Waals surface area contributed by atoms with Crippen molar-refractivity contribution in [3.05, 3.63) is 37.1 Å². The first kappa shape index (κ1) is 7.09. The maximum absolute atomic E-state index is 9.16. The van der Waals surface area contributed by atoms with Crippen molar-refractivity contribution in [1.29, 1.82) is 0 Å². The number of hydrogen-bond acceptors (Lipinski definition) is 2. The third kappa shape index (κ3) is 1.28. The summed E-state index contributed by atoms with van der Waals surface area (Å²) in [7, 11) is 0. The molecule has 0 amide bonds. The van der Waals surface area contributed by atoms with E-state index in [-0.39, 0.29) is 6.10 Å². The Hall–Kier alpha value is -1.02. The lowest BCUT2D eigenvalue weighted by Crippen LogP contribution is -2.27. The Morgan fingerprint density at radius 3 is 2.90 bits per heavy atom. The molecule has 0 spiro atoms. The normalized spacial score (nSPS) is 31.5. The zero-order chi connectivity index (χ0) is 7.56. The van der Waals surface area contributed by atoms with Crippen molar-refractivity contribution in [3.63, 3.8) is 0 Å². The summed E-state index contributed by atoms with van der Waals surface area (Å²) in [6.07, 6.45) is 3.92. The maximum Gasteiger partial charge on any atom is 0.146 e. The van der Waals surface area contributed by atoms with Crippen molar-refractivity contribution >= 4 is 0 Å². The minimum Gasteiger partial charge on any atom is -0.484 e. The molecule has 1 unspecified atom stereocenters. The van der Waals surface area contributed by atoms with Crippen molar-refractivity contribution in [3.8, 4) is 0 Å². The van der Waals surface area contributed by atoms with Gasteiger partial charge in [-0.25, -0.2) is 0 Å². The molecule has 2 heteroatoms. The van der Waals surface area contributed by atoms with Crippen molar-refractivity contribution in [1.82, 2.24) is 0 Å². The molecule has 0 radical (unpaired) electrons. The van der Waals surface area contributed by atoms with Crippen LogP contribution in [0.1, 0.15) is 0 Å². The van der Waals surface area contributed by atoms with Gasteiger partial charge in [0.1, 0.15) is 18.0 Å². The van der Waals surface area contributed by atoms with E-state index in [4.69, 9.17) is 9.84 Å². The summed E-state index contributed by atoms with van der Waals surface area (Å²) in [5, 5.41) is 9.16. The van der Waals surface area contributed by atoms with Crippen LogP contribution >= 0.6 is 0 Å². The zero-order valence-electron chi connectivity index (χ0n) is 5.66. The molecular weight excluding hydrogens is 128 g/mol. The third-order valence-electron chi connectivity index (χ3n) is 1.34. The number of ether oxygens (including phenoxy) is 1. The van der Waals surface area contributed by atoms with E-state index in [0.29, 0.717) is 5.76 Å². The lowest BCUT2D eigenvalue weighted by molar-refractivity contribution is 0.0479.